The molecule has 1 amide bonds. The molecule has 4 rings (SSSR count). The number of carbonyl (C=O) groups is 1. The van der Waals surface area contributed by atoms with Crippen molar-refractivity contribution in [2.75, 3.05) is 41.3 Å². The molecule has 1 aliphatic heterocycles. The second kappa shape index (κ2) is 7.82. The van der Waals surface area contributed by atoms with Gasteiger partial charge in [0.2, 0.25) is 5.95 Å². The molecule has 0 radical (unpaired) electrons. The molecular formula is C20H20N6O. The molecule has 0 aliphatic carbocycles. The maximum Gasteiger partial charge on any atom is 0.255 e. The van der Waals surface area contributed by atoms with Crippen LogP contribution in [-0.4, -0.2) is 47.0 Å². The lowest BCUT2D eigenvalue weighted by Gasteiger charge is -2.35. The van der Waals surface area contributed by atoms with Gasteiger partial charge in [-0.3, -0.25) is 4.79 Å². The first-order chi connectivity index (χ1) is 13.3. The minimum absolute atomic E-state index is 0.138. The molecule has 1 aromatic carbocycles. The Labute approximate surface area is 157 Å². The highest BCUT2D eigenvalue weighted by atomic mass is 16.1. The zero-order valence-electron chi connectivity index (χ0n) is 14.8. The Balaban J connectivity index is 1.42. The number of piperazine rings is 1. The lowest BCUT2D eigenvalue weighted by Crippen LogP contribution is -2.47. The summed E-state index contributed by atoms with van der Waals surface area (Å²) in [6.45, 7) is 3.22. The standard InChI is InChI=1S/C20H20N6O/c27-19(24-17-5-2-1-3-6-17)16-7-10-21-18(15-16)25-11-13-26(14-12-25)20-22-8-4-9-23-20/h1-10,15H,11-14H2,(H,24,27). The van der Waals surface area contributed by atoms with Gasteiger partial charge in [-0.15, -0.1) is 0 Å². The van der Waals surface area contributed by atoms with Crippen LogP contribution in [0.1, 0.15) is 10.4 Å². The third kappa shape index (κ3) is 4.03. The Morgan fingerprint density at radius 2 is 1.52 bits per heavy atom. The molecule has 7 nitrogen and oxygen atoms in total. The lowest BCUT2D eigenvalue weighted by molar-refractivity contribution is 0.102. The summed E-state index contributed by atoms with van der Waals surface area (Å²) in [6, 6.07) is 14.8. The number of para-hydroxylation sites is 1. The van der Waals surface area contributed by atoms with Crippen molar-refractivity contribution < 1.29 is 4.79 Å². The number of amides is 1. The normalized spacial score (nSPS) is 14.1. The van der Waals surface area contributed by atoms with Crippen LogP contribution in [0.25, 0.3) is 0 Å². The summed E-state index contributed by atoms with van der Waals surface area (Å²) in [6.07, 6.45) is 5.19. The van der Waals surface area contributed by atoms with Crippen LogP contribution in [0.4, 0.5) is 17.5 Å². The van der Waals surface area contributed by atoms with Crippen LogP contribution in [0.15, 0.2) is 67.1 Å². The number of hydrogen-bond acceptors (Lipinski definition) is 6. The first-order valence-electron chi connectivity index (χ1n) is 8.89. The molecule has 0 bridgehead atoms. The number of rotatable bonds is 4. The van der Waals surface area contributed by atoms with Gasteiger partial charge in [-0.25, -0.2) is 15.0 Å². The monoisotopic (exact) mass is 360 g/mol. The first kappa shape index (κ1) is 17.0. The van der Waals surface area contributed by atoms with Crippen LogP contribution in [0.3, 0.4) is 0 Å². The van der Waals surface area contributed by atoms with Crippen LogP contribution in [0.5, 0.6) is 0 Å². The molecule has 0 unspecified atom stereocenters. The van der Waals surface area contributed by atoms with E-state index in [2.05, 4.69) is 30.1 Å². The summed E-state index contributed by atoms with van der Waals surface area (Å²) in [4.78, 5) is 29.9. The van der Waals surface area contributed by atoms with Gasteiger partial charge in [-0.1, -0.05) is 18.2 Å². The van der Waals surface area contributed by atoms with Crippen LogP contribution in [0, 0.1) is 0 Å². The second-order valence-electron chi connectivity index (χ2n) is 6.25. The average molecular weight is 360 g/mol. The Morgan fingerprint density at radius 3 is 2.26 bits per heavy atom. The SMILES string of the molecule is O=C(Nc1ccccc1)c1ccnc(N2CCN(c3ncccn3)CC2)c1. The molecule has 136 valence electrons. The summed E-state index contributed by atoms with van der Waals surface area (Å²) in [5, 5.41) is 2.91. The van der Waals surface area contributed by atoms with Gasteiger partial charge in [0.05, 0.1) is 0 Å². The number of nitrogens with one attached hydrogen (secondary N) is 1. The van der Waals surface area contributed by atoms with E-state index in [-0.39, 0.29) is 5.91 Å². The van der Waals surface area contributed by atoms with Crippen molar-refractivity contribution in [3.63, 3.8) is 0 Å². The van der Waals surface area contributed by atoms with Gasteiger partial charge in [0.25, 0.3) is 5.91 Å². The van der Waals surface area contributed by atoms with E-state index >= 15 is 0 Å². The van der Waals surface area contributed by atoms with Crippen molar-refractivity contribution >= 4 is 23.4 Å². The highest BCUT2D eigenvalue weighted by molar-refractivity contribution is 6.04. The van der Waals surface area contributed by atoms with E-state index in [4.69, 9.17) is 0 Å². The number of aromatic nitrogens is 3. The third-order valence-corrected chi connectivity index (χ3v) is 4.48. The van der Waals surface area contributed by atoms with Crippen molar-refractivity contribution in [2.24, 2.45) is 0 Å². The Hall–Kier alpha value is -3.48. The molecule has 7 heteroatoms. The van der Waals surface area contributed by atoms with Crippen molar-refractivity contribution in [3.05, 3.63) is 72.7 Å². The molecular weight excluding hydrogens is 340 g/mol. The number of hydrogen-bond donors (Lipinski definition) is 1. The summed E-state index contributed by atoms with van der Waals surface area (Å²) in [5.41, 5.74) is 1.37. The van der Waals surface area contributed by atoms with Crippen molar-refractivity contribution in [1.82, 2.24) is 15.0 Å². The van der Waals surface area contributed by atoms with E-state index in [1.54, 1.807) is 24.7 Å². The fraction of sp³-hybridized carbons (Fsp3) is 0.200. The minimum atomic E-state index is -0.138. The highest BCUT2D eigenvalue weighted by Crippen LogP contribution is 2.18. The van der Waals surface area contributed by atoms with E-state index in [0.29, 0.717) is 5.56 Å². The third-order valence-electron chi connectivity index (χ3n) is 4.48. The summed E-state index contributed by atoms with van der Waals surface area (Å²) in [5.74, 6) is 1.42. The Kier molecular flexibility index (Phi) is 4.91. The van der Waals surface area contributed by atoms with Gasteiger partial charge in [0, 0.05) is 56.0 Å². The van der Waals surface area contributed by atoms with Crippen LogP contribution < -0.4 is 15.1 Å². The van der Waals surface area contributed by atoms with Crippen LogP contribution >= 0.6 is 0 Å². The Morgan fingerprint density at radius 1 is 0.815 bits per heavy atom. The number of anilines is 3. The van der Waals surface area contributed by atoms with Crippen molar-refractivity contribution in [3.8, 4) is 0 Å². The van der Waals surface area contributed by atoms with Crippen molar-refractivity contribution in [1.29, 1.82) is 0 Å². The molecule has 1 saturated heterocycles. The number of benzene rings is 1. The average Bonchev–Trinajstić information content (AvgIpc) is 2.75. The van der Waals surface area contributed by atoms with E-state index < -0.39 is 0 Å². The molecule has 1 fully saturated rings. The van der Waals surface area contributed by atoms with E-state index in [0.717, 1.165) is 43.6 Å². The highest BCUT2D eigenvalue weighted by Gasteiger charge is 2.20. The van der Waals surface area contributed by atoms with Gasteiger partial charge in [0.15, 0.2) is 0 Å². The fourth-order valence-corrected chi connectivity index (χ4v) is 3.05. The lowest BCUT2D eigenvalue weighted by atomic mass is 10.2. The van der Waals surface area contributed by atoms with E-state index in [9.17, 15) is 4.79 Å². The smallest absolute Gasteiger partial charge is 0.255 e. The molecule has 1 N–H and O–H groups in total. The van der Waals surface area contributed by atoms with Gasteiger partial charge >= 0.3 is 0 Å². The molecule has 3 aromatic rings. The molecule has 2 aromatic heterocycles. The number of carbonyl (C=O) groups excluding carboxylic acids is 1. The second-order valence-corrected chi connectivity index (χ2v) is 6.25. The van der Waals surface area contributed by atoms with Gasteiger partial charge < -0.3 is 15.1 Å². The first-order valence-corrected chi connectivity index (χ1v) is 8.89. The van der Waals surface area contributed by atoms with Gasteiger partial charge in [0.1, 0.15) is 5.82 Å². The summed E-state index contributed by atoms with van der Waals surface area (Å²) < 4.78 is 0. The molecule has 27 heavy (non-hydrogen) atoms. The zero-order chi connectivity index (χ0) is 18.5. The molecule has 0 saturated carbocycles. The topological polar surface area (TPSA) is 74.2 Å². The predicted molar refractivity (Wildman–Crippen MR) is 105 cm³/mol. The maximum absolute atomic E-state index is 12.5. The van der Waals surface area contributed by atoms with Crippen LogP contribution in [0.2, 0.25) is 0 Å². The molecule has 0 spiro atoms. The summed E-state index contributed by atoms with van der Waals surface area (Å²) >= 11 is 0. The van der Waals surface area contributed by atoms with E-state index in [1.165, 1.54) is 0 Å². The number of nitrogens with zero attached hydrogens (tertiary/aromatic N) is 5. The summed E-state index contributed by atoms with van der Waals surface area (Å²) in [7, 11) is 0. The Bertz CT molecular complexity index is 895. The number of pyridine rings is 1. The maximum atomic E-state index is 12.5. The van der Waals surface area contributed by atoms with Gasteiger partial charge in [-0.2, -0.15) is 0 Å². The van der Waals surface area contributed by atoms with E-state index in [1.807, 2.05) is 42.5 Å². The molecule has 3 heterocycles. The predicted octanol–water partition coefficient (Wildman–Crippen LogP) is 2.45. The van der Waals surface area contributed by atoms with Crippen molar-refractivity contribution in [2.45, 2.75) is 0 Å². The molecule has 0 atom stereocenters. The fourth-order valence-electron chi connectivity index (χ4n) is 3.05. The van der Waals surface area contributed by atoms with Gasteiger partial charge in [-0.05, 0) is 30.3 Å². The zero-order valence-corrected chi connectivity index (χ0v) is 14.8. The largest absolute Gasteiger partial charge is 0.353 e. The van der Waals surface area contributed by atoms with Crippen LogP contribution in [-0.2, 0) is 0 Å². The minimum Gasteiger partial charge on any atom is -0.353 e. The quantitative estimate of drug-likeness (QED) is 0.770. The molecule has 1 aliphatic rings.